The Kier molecular flexibility index (Phi) is 3.57. The number of benzene rings is 1. The highest BCUT2D eigenvalue weighted by Crippen LogP contribution is 2.35. The maximum atomic E-state index is 12.3. The van der Waals surface area contributed by atoms with Gasteiger partial charge in [0, 0.05) is 19.2 Å². The molecule has 1 unspecified atom stereocenters. The minimum absolute atomic E-state index is 0.0695. The molecule has 6 nitrogen and oxygen atoms in total. The predicted octanol–water partition coefficient (Wildman–Crippen LogP) is 1.42. The van der Waals surface area contributed by atoms with Crippen molar-refractivity contribution in [1.82, 2.24) is 4.90 Å². The second kappa shape index (κ2) is 5.03. The van der Waals surface area contributed by atoms with E-state index in [2.05, 4.69) is 0 Å². The topological polar surface area (TPSA) is 98.1 Å². The van der Waals surface area contributed by atoms with E-state index in [1.54, 1.807) is 6.92 Å². The van der Waals surface area contributed by atoms with Crippen LogP contribution >= 0.6 is 0 Å². The lowest BCUT2D eigenvalue weighted by Crippen LogP contribution is -2.36. The molecule has 1 fully saturated rings. The molecule has 20 heavy (non-hydrogen) atoms. The van der Waals surface area contributed by atoms with E-state index in [0.717, 1.165) is 6.07 Å². The summed E-state index contributed by atoms with van der Waals surface area (Å²) in [7, 11) is 0. The van der Waals surface area contributed by atoms with Gasteiger partial charge in [0.2, 0.25) is 0 Å². The summed E-state index contributed by atoms with van der Waals surface area (Å²) in [5, 5.41) is 28.2. The number of phenols is 2. The summed E-state index contributed by atoms with van der Waals surface area (Å²) < 4.78 is 0. The zero-order valence-electron chi connectivity index (χ0n) is 11.2. The number of aromatic hydroxyl groups is 2. The summed E-state index contributed by atoms with van der Waals surface area (Å²) in [6, 6.07) is 3.74. The van der Waals surface area contributed by atoms with Gasteiger partial charge in [0.25, 0.3) is 5.91 Å². The van der Waals surface area contributed by atoms with Crippen molar-refractivity contribution in [2.24, 2.45) is 5.41 Å². The van der Waals surface area contributed by atoms with Crippen LogP contribution in [0.3, 0.4) is 0 Å². The molecule has 6 heteroatoms. The molecule has 3 N–H and O–H groups in total. The smallest absolute Gasteiger partial charge is 0.311 e. The van der Waals surface area contributed by atoms with E-state index in [-0.39, 0.29) is 23.6 Å². The van der Waals surface area contributed by atoms with Crippen molar-refractivity contribution >= 4 is 11.9 Å². The van der Waals surface area contributed by atoms with Crippen molar-refractivity contribution in [1.29, 1.82) is 0 Å². The van der Waals surface area contributed by atoms with Gasteiger partial charge in [-0.3, -0.25) is 9.59 Å². The number of hydrogen-bond acceptors (Lipinski definition) is 4. The van der Waals surface area contributed by atoms with E-state index in [4.69, 9.17) is 0 Å². The second-order valence-corrected chi connectivity index (χ2v) is 5.12. The van der Waals surface area contributed by atoms with Gasteiger partial charge < -0.3 is 20.2 Å². The third-order valence-corrected chi connectivity index (χ3v) is 3.98. The number of aliphatic carboxylic acids is 1. The summed E-state index contributed by atoms with van der Waals surface area (Å²) in [5.74, 6) is -1.75. The van der Waals surface area contributed by atoms with Gasteiger partial charge >= 0.3 is 5.97 Å². The molecule has 108 valence electrons. The van der Waals surface area contributed by atoms with Crippen molar-refractivity contribution in [3.8, 4) is 11.5 Å². The lowest BCUT2D eigenvalue weighted by molar-refractivity contribution is -0.148. The van der Waals surface area contributed by atoms with Gasteiger partial charge in [-0.25, -0.2) is 0 Å². The fraction of sp³-hybridized carbons (Fsp3) is 0.429. The Morgan fingerprint density at radius 3 is 2.55 bits per heavy atom. The molecule has 1 saturated heterocycles. The number of nitrogens with zero attached hydrogens (tertiary/aromatic N) is 1. The quantitative estimate of drug-likeness (QED) is 0.777. The lowest BCUT2D eigenvalue weighted by atomic mass is 9.84. The minimum atomic E-state index is -0.901. The highest BCUT2D eigenvalue weighted by Gasteiger charge is 2.45. The Morgan fingerprint density at radius 1 is 1.35 bits per heavy atom. The summed E-state index contributed by atoms with van der Waals surface area (Å²) in [5.41, 5.74) is -0.831. The van der Waals surface area contributed by atoms with Gasteiger partial charge in [-0.1, -0.05) is 6.92 Å². The first-order chi connectivity index (χ1) is 9.39. The molecule has 1 aromatic carbocycles. The van der Waals surface area contributed by atoms with Crippen molar-refractivity contribution in [2.45, 2.75) is 19.8 Å². The van der Waals surface area contributed by atoms with Crippen molar-refractivity contribution < 1.29 is 24.9 Å². The number of amides is 1. The molecule has 1 aliphatic rings. The molecule has 0 aliphatic carbocycles. The number of phenolic OH excluding ortho intramolecular Hbond substituents is 2. The fourth-order valence-corrected chi connectivity index (χ4v) is 2.53. The first-order valence-electron chi connectivity index (χ1n) is 6.44. The van der Waals surface area contributed by atoms with Crippen LogP contribution in [0.15, 0.2) is 18.2 Å². The number of likely N-dealkylation sites (tertiary alicyclic amines) is 1. The molecule has 0 spiro atoms. The van der Waals surface area contributed by atoms with Gasteiger partial charge in [0.15, 0.2) is 0 Å². The van der Waals surface area contributed by atoms with Crippen LogP contribution in [0, 0.1) is 5.41 Å². The number of carbonyl (C=O) groups excluding carboxylic acids is 1. The number of hydrogen-bond donors (Lipinski definition) is 3. The molecule has 0 aromatic heterocycles. The highest BCUT2D eigenvalue weighted by molar-refractivity contribution is 5.97. The average molecular weight is 279 g/mol. The summed E-state index contributed by atoms with van der Waals surface area (Å²) in [6.45, 7) is 2.28. The molecule has 0 bridgehead atoms. The lowest BCUT2D eigenvalue weighted by Gasteiger charge is -2.23. The first kappa shape index (κ1) is 14.2. The van der Waals surface area contributed by atoms with Gasteiger partial charge in [0.1, 0.15) is 11.5 Å². The summed E-state index contributed by atoms with van der Waals surface area (Å²) in [6.07, 6.45) is 0.858. The summed E-state index contributed by atoms with van der Waals surface area (Å²) >= 11 is 0. The molecule has 1 atom stereocenters. The molecule has 1 aromatic rings. The van der Waals surface area contributed by atoms with Crippen LogP contribution in [-0.2, 0) is 4.79 Å². The van der Waals surface area contributed by atoms with Crippen molar-refractivity contribution in [3.05, 3.63) is 23.8 Å². The van der Waals surface area contributed by atoms with Crippen LogP contribution in [0.1, 0.15) is 30.1 Å². The Balaban J connectivity index is 2.21. The Morgan fingerprint density at radius 2 is 2.05 bits per heavy atom. The monoisotopic (exact) mass is 279 g/mol. The SMILES string of the molecule is CCC1(C(=O)O)CCN(C(=O)c2ccc(O)cc2O)C1. The van der Waals surface area contributed by atoms with Crippen molar-refractivity contribution in [3.63, 3.8) is 0 Å². The highest BCUT2D eigenvalue weighted by atomic mass is 16.4. The van der Waals surface area contributed by atoms with Crippen LogP contribution in [0.5, 0.6) is 11.5 Å². The molecule has 1 aliphatic heterocycles. The standard InChI is InChI=1S/C14H17NO5/c1-2-14(13(19)20)5-6-15(8-14)12(18)10-4-3-9(16)7-11(10)17/h3-4,7,16-17H,2,5-6,8H2,1H3,(H,19,20). The number of carboxylic acids is 1. The maximum Gasteiger partial charge on any atom is 0.311 e. The molecule has 0 radical (unpaired) electrons. The van der Waals surface area contributed by atoms with E-state index in [1.165, 1.54) is 17.0 Å². The third kappa shape index (κ3) is 2.29. The number of rotatable bonds is 3. The van der Waals surface area contributed by atoms with Crippen molar-refractivity contribution in [2.75, 3.05) is 13.1 Å². The normalized spacial score (nSPS) is 21.9. The van der Waals surface area contributed by atoms with Crippen LogP contribution in [-0.4, -0.2) is 45.2 Å². The van der Waals surface area contributed by atoms with E-state index in [0.29, 0.717) is 19.4 Å². The summed E-state index contributed by atoms with van der Waals surface area (Å²) in [4.78, 5) is 25.1. The van der Waals surface area contributed by atoms with Gasteiger partial charge in [-0.05, 0) is 25.0 Å². The molecule has 2 rings (SSSR count). The zero-order chi connectivity index (χ0) is 14.9. The largest absolute Gasteiger partial charge is 0.508 e. The first-order valence-corrected chi connectivity index (χ1v) is 6.44. The minimum Gasteiger partial charge on any atom is -0.508 e. The zero-order valence-corrected chi connectivity index (χ0v) is 11.2. The van der Waals surface area contributed by atoms with E-state index >= 15 is 0 Å². The molecule has 1 heterocycles. The Bertz CT molecular complexity index is 556. The maximum absolute atomic E-state index is 12.3. The van der Waals surface area contributed by atoms with E-state index in [1.807, 2.05) is 0 Å². The van der Waals surface area contributed by atoms with Crippen LogP contribution in [0.4, 0.5) is 0 Å². The number of carboxylic acid groups (broad SMARTS) is 1. The molecular weight excluding hydrogens is 262 g/mol. The van der Waals surface area contributed by atoms with E-state index in [9.17, 15) is 24.9 Å². The van der Waals surface area contributed by atoms with E-state index < -0.39 is 17.3 Å². The Labute approximate surface area is 116 Å². The van der Waals surface area contributed by atoms with Gasteiger partial charge in [-0.2, -0.15) is 0 Å². The molecule has 0 saturated carbocycles. The van der Waals surface area contributed by atoms with Crippen LogP contribution < -0.4 is 0 Å². The van der Waals surface area contributed by atoms with Gasteiger partial charge in [-0.15, -0.1) is 0 Å². The molecule has 1 amide bonds. The average Bonchev–Trinajstić information content (AvgIpc) is 2.83. The van der Waals surface area contributed by atoms with Gasteiger partial charge in [0.05, 0.1) is 11.0 Å². The fourth-order valence-electron chi connectivity index (χ4n) is 2.53. The number of carbonyl (C=O) groups is 2. The third-order valence-electron chi connectivity index (χ3n) is 3.98. The Hall–Kier alpha value is -2.24. The predicted molar refractivity (Wildman–Crippen MR) is 70.7 cm³/mol. The van der Waals surface area contributed by atoms with Crippen LogP contribution in [0.2, 0.25) is 0 Å². The molecular formula is C14H17NO5. The van der Waals surface area contributed by atoms with Crippen LogP contribution in [0.25, 0.3) is 0 Å². The second-order valence-electron chi connectivity index (χ2n) is 5.12.